The molecule has 1 aliphatic rings. The summed E-state index contributed by atoms with van der Waals surface area (Å²) in [4.78, 5) is 2.43. The number of ether oxygens (including phenoxy) is 1. The van der Waals surface area contributed by atoms with Crippen molar-refractivity contribution in [3.63, 3.8) is 0 Å². The smallest absolute Gasteiger partial charge is 0.0589 e. The highest BCUT2D eigenvalue weighted by atomic mass is 16.5. The van der Waals surface area contributed by atoms with Gasteiger partial charge in [-0.2, -0.15) is 0 Å². The molecule has 16 heavy (non-hydrogen) atoms. The topological polar surface area (TPSA) is 24.5 Å². The molecule has 0 aromatic heterocycles. The van der Waals surface area contributed by atoms with E-state index in [0.717, 1.165) is 26.2 Å². The molecule has 0 aliphatic carbocycles. The van der Waals surface area contributed by atoms with E-state index in [1.165, 1.54) is 25.8 Å². The van der Waals surface area contributed by atoms with Crippen molar-refractivity contribution in [2.24, 2.45) is 0 Å². The molecule has 0 spiro atoms. The molecule has 0 aromatic carbocycles. The van der Waals surface area contributed by atoms with Gasteiger partial charge in [-0.3, -0.25) is 4.90 Å². The molecule has 1 unspecified atom stereocenters. The van der Waals surface area contributed by atoms with Gasteiger partial charge in [0.15, 0.2) is 0 Å². The van der Waals surface area contributed by atoms with Gasteiger partial charge in [0, 0.05) is 32.3 Å². The Labute approximate surface area is 99.8 Å². The Bertz CT molecular complexity index is 200. The maximum atomic E-state index is 5.15. The van der Waals surface area contributed by atoms with Crippen LogP contribution in [0.5, 0.6) is 0 Å². The average molecular weight is 226 g/mol. The minimum Gasteiger partial charge on any atom is -0.383 e. The summed E-state index contributed by atoms with van der Waals surface area (Å²) in [5, 5.41) is 3.67. The second kappa shape index (κ2) is 7.05. The quantitative estimate of drug-likeness (QED) is 0.637. The number of nitrogens with one attached hydrogen (secondary N) is 1. The fourth-order valence-electron chi connectivity index (χ4n) is 2.48. The third kappa shape index (κ3) is 3.89. The SMILES string of the molecule is C=CCN(CCOC)CC1(CC)CCCN1. The van der Waals surface area contributed by atoms with Crippen molar-refractivity contribution >= 4 is 0 Å². The van der Waals surface area contributed by atoms with Crippen LogP contribution >= 0.6 is 0 Å². The molecule has 0 bridgehead atoms. The molecule has 0 saturated carbocycles. The number of hydrogen-bond donors (Lipinski definition) is 1. The number of methoxy groups -OCH3 is 1. The van der Waals surface area contributed by atoms with Gasteiger partial charge in [0.05, 0.1) is 6.61 Å². The van der Waals surface area contributed by atoms with E-state index in [4.69, 9.17) is 4.74 Å². The van der Waals surface area contributed by atoms with Crippen LogP contribution in [-0.4, -0.2) is 50.3 Å². The number of rotatable bonds is 8. The summed E-state index contributed by atoms with van der Waals surface area (Å²) >= 11 is 0. The zero-order chi connectivity index (χ0) is 11.9. The molecule has 1 aliphatic heterocycles. The molecule has 94 valence electrons. The van der Waals surface area contributed by atoms with Crippen LogP contribution in [0, 0.1) is 0 Å². The van der Waals surface area contributed by atoms with Gasteiger partial charge in [-0.25, -0.2) is 0 Å². The Morgan fingerprint density at radius 2 is 2.38 bits per heavy atom. The van der Waals surface area contributed by atoms with Gasteiger partial charge in [-0.05, 0) is 25.8 Å². The predicted molar refractivity (Wildman–Crippen MR) is 68.8 cm³/mol. The summed E-state index contributed by atoms with van der Waals surface area (Å²) in [6.45, 7) is 11.1. The lowest BCUT2D eigenvalue weighted by Crippen LogP contribution is -2.50. The Hall–Kier alpha value is -0.380. The van der Waals surface area contributed by atoms with E-state index in [2.05, 4.69) is 23.7 Å². The van der Waals surface area contributed by atoms with Crippen LogP contribution in [0.4, 0.5) is 0 Å². The van der Waals surface area contributed by atoms with E-state index in [-0.39, 0.29) is 0 Å². The van der Waals surface area contributed by atoms with Gasteiger partial charge in [0.2, 0.25) is 0 Å². The lowest BCUT2D eigenvalue weighted by atomic mass is 9.93. The molecular formula is C13H26N2O. The van der Waals surface area contributed by atoms with Crippen molar-refractivity contribution in [2.75, 3.05) is 39.9 Å². The van der Waals surface area contributed by atoms with E-state index in [0.29, 0.717) is 5.54 Å². The summed E-state index contributed by atoms with van der Waals surface area (Å²) < 4.78 is 5.15. The zero-order valence-corrected chi connectivity index (χ0v) is 10.8. The first-order chi connectivity index (χ1) is 7.76. The van der Waals surface area contributed by atoms with Crippen LogP contribution in [0.3, 0.4) is 0 Å². The molecule has 3 heteroatoms. The van der Waals surface area contributed by atoms with Gasteiger partial charge in [0.25, 0.3) is 0 Å². The van der Waals surface area contributed by atoms with Crippen molar-refractivity contribution in [1.29, 1.82) is 0 Å². The second-order valence-electron chi connectivity index (χ2n) is 4.68. The average Bonchev–Trinajstić information content (AvgIpc) is 2.75. The fourth-order valence-corrected chi connectivity index (χ4v) is 2.48. The van der Waals surface area contributed by atoms with Crippen molar-refractivity contribution < 1.29 is 4.74 Å². The molecule has 1 saturated heterocycles. The van der Waals surface area contributed by atoms with Crippen molar-refractivity contribution in [1.82, 2.24) is 10.2 Å². The lowest BCUT2D eigenvalue weighted by Gasteiger charge is -2.34. The molecule has 0 radical (unpaired) electrons. The number of nitrogens with zero attached hydrogens (tertiary/aromatic N) is 1. The van der Waals surface area contributed by atoms with E-state index < -0.39 is 0 Å². The van der Waals surface area contributed by atoms with E-state index in [1.807, 2.05) is 6.08 Å². The maximum absolute atomic E-state index is 5.15. The molecule has 0 aromatic rings. The van der Waals surface area contributed by atoms with Gasteiger partial charge in [-0.15, -0.1) is 6.58 Å². The van der Waals surface area contributed by atoms with E-state index in [9.17, 15) is 0 Å². The largest absolute Gasteiger partial charge is 0.383 e. The van der Waals surface area contributed by atoms with Gasteiger partial charge < -0.3 is 10.1 Å². The predicted octanol–water partition coefficient (Wildman–Crippen LogP) is 1.65. The Balaban J connectivity index is 2.47. The first kappa shape index (κ1) is 13.7. The molecular weight excluding hydrogens is 200 g/mol. The standard InChI is InChI=1S/C13H26N2O/c1-4-9-15(10-11-16-3)12-13(5-2)7-6-8-14-13/h4,14H,1,5-12H2,2-3H3. The lowest BCUT2D eigenvalue weighted by molar-refractivity contribution is 0.131. The molecule has 0 amide bonds. The van der Waals surface area contributed by atoms with Crippen LogP contribution in [0.15, 0.2) is 12.7 Å². The van der Waals surface area contributed by atoms with Crippen LogP contribution in [0.1, 0.15) is 26.2 Å². The molecule has 1 heterocycles. The summed E-state index contributed by atoms with van der Waals surface area (Å²) in [6, 6.07) is 0. The van der Waals surface area contributed by atoms with Crippen molar-refractivity contribution in [3.05, 3.63) is 12.7 Å². The molecule has 1 rings (SSSR count). The molecule has 3 nitrogen and oxygen atoms in total. The first-order valence-corrected chi connectivity index (χ1v) is 6.33. The minimum absolute atomic E-state index is 0.330. The third-order valence-electron chi connectivity index (χ3n) is 3.53. The van der Waals surface area contributed by atoms with Crippen LogP contribution in [0.25, 0.3) is 0 Å². The summed E-state index contributed by atoms with van der Waals surface area (Å²) in [7, 11) is 1.76. The molecule has 1 fully saturated rings. The highest BCUT2D eigenvalue weighted by Gasteiger charge is 2.32. The first-order valence-electron chi connectivity index (χ1n) is 6.33. The number of hydrogen-bond acceptors (Lipinski definition) is 3. The molecule has 1 atom stereocenters. The monoisotopic (exact) mass is 226 g/mol. The van der Waals surface area contributed by atoms with Crippen molar-refractivity contribution in [2.45, 2.75) is 31.7 Å². The van der Waals surface area contributed by atoms with Gasteiger partial charge in [0.1, 0.15) is 0 Å². The zero-order valence-electron chi connectivity index (χ0n) is 10.8. The highest BCUT2D eigenvalue weighted by Crippen LogP contribution is 2.24. The van der Waals surface area contributed by atoms with Crippen LogP contribution in [0.2, 0.25) is 0 Å². The Kier molecular flexibility index (Phi) is 6.03. The third-order valence-corrected chi connectivity index (χ3v) is 3.53. The van der Waals surface area contributed by atoms with Gasteiger partial charge in [-0.1, -0.05) is 13.0 Å². The van der Waals surface area contributed by atoms with E-state index in [1.54, 1.807) is 7.11 Å². The minimum atomic E-state index is 0.330. The summed E-state index contributed by atoms with van der Waals surface area (Å²) in [5.74, 6) is 0. The maximum Gasteiger partial charge on any atom is 0.0589 e. The summed E-state index contributed by atoms with van der Waals surface area (Å²) in [5.41, 5.74) is 0.330. The van der Waals surface area contributed by atoms with E-state index >= 15 is 0 Å². The summed E-state index contributed by atoms with van der Waals surface area (Å²) in [6.07, 6.45) is 5.78. The normalized spacial score (nSPS) is 25.2. The second-order valence-corrected chi connectivity index (χ2v) is 4.68. The Morgan fingerprint density at radius 1 is 1.56 bits per heavy atom. The van der Waals surface area contributed by atoms with Crippen molar-refractivity contribution in [3.8, 4) is 0 Å². The Morgan fingerprint density at radius 3 is 2.88 bits per heavy atom. The van der Waals surface area contributed by atoms with Crippen LogP contribution in [-0.2, 0) is 4.74 Å². The van der Waals surface area contributed by atoms with Gasteiger partial charge >= 0.3 is 0 Å². The fraction of sp³-hybridized carbons (Fsp3) is 0.846. The molecule has 1 N–H and O–H groups in total. The highest BCUT2D eigenvalue weighted by molar-refractivity contribution is 4.95. The van der Waals surface area contributed by atoms with Crippen LogP contribution < -0.4 is 5.32 Å².